The van der Waals surface area contributed by atoms with Gasteiger partial charge in [0.1, 0.15) is 25.3 Å². The Labute approximate surface area is 365 Å². The Morgan fingerprint density at radius 2 is 0.938 bits per heavy atom. The molecule has 16 nitrogen and oxygen atoms in total. The maximum Gasteiger partial charge on any atom is 0.298 e. The van der Waals surface area contributed by atoms with Crippen LogP contribution < -0.4 is 0 Å². The summed E-state index contributed by atoms with van der Waals surface area (Å²) in [5.41, 5.74) is -0.569. The van der Waals surface area contributed by atoms with Crippen molar-refractivity contribution in [2.75, 3.05) is 0 Å². The third-order valence-electron chi connectivity index (χ3n) is 10.3. The third-order valence-corrected chi connectivity index (χ3v) is 14.1. The van der Waals surface area contributed by atoms with Gasteiger partial charge in [0, 0.05) is 27.9 Å². The molecule has 8 bridgehead atoms. The Morgan fingerprint density at radius 3 is 1.44 bits per heavy atom. The Balaban J connectivity index is 1.76. The van der Waals surface area contributed by atoms with Gasteiger partial charge in [0.25, 0.3) is 40.5 Å². The van der Waals surface area contributed by atoms with Crippen LogP contribution in [-0.2, 0) is 40.5 Å². The largest absolute Gasteiger partial charge is 0.353 e. The van der Waals surface area contributed by atoms with Crippen molar-refractivity contribution in [1.82, 2.24) is 19.5 Å². The molecular formula is C44H30N4O12S4. The number of hydrogen-bond donors (Lipinski definition) is 5. The number of nitrogens with one attached hydrogen (secondary N) is 1. The summed E-state index contributed by atoms with van der Waals surface area (Å²) in [7, 11) is -23.4. The SMILES string of the molecule is O=S(=O)(O)C1=C(S(=O)(=O)O)c2nc1c(S(=O)(=O)O)c1[nH]c(cc3nc(cc4c(-c5ccccc5)c(-c5ccccc5)c(c2-c2ccccc2)n4-c2ccccc2)C=C3)cc1S(=O)(=O)O. The summed E-state index contributed by atoms with van der Waals surface area (Å²) in [6.07, 6.45) is 3.20. The summed E-state index contributed by atoms with van der Waals surface area (Å²) in [5.74, 6) is 0. The molecule has 0 amide bonds. The smallest absolute Gasteiger partial charge is 0.298 e. The molecule has 9 rings (SSSR count). The van der Waals surface area contributed by atoms with Gasteiger partial charge >= 0.3 is 0 Å². The first kappa shape index (κ1) is 42.4. The van der Waals surface area contributed by atoms with E-state index in [1.54, 1.807) is 120 Å². The molecule has 64 heavy (non-hydrogen) atoms. The van der Waals surface area contributed by atoms with E-state index in [1.165, 1.54) is 18.2 Å². The highest BCUT2D eigenvalue weighted by Crippen LogP contribution is 2.50. The van der Waals surface area contributed by atoms with E-state index in [2.05, 4.69) is 9.97 Å². The van der Waals surface area contributed by atoms with Gasteiger partial charge in [-0.05, 0) is 59.2 Å². The number of nitrogens with zero attached hydrogens (tertiary/aromatic N) is 3. The molecule has 0 fully saturated rings. The highest BCUT2D eigenvalue weighted by atomic mass is 32.2. The van der Waals surface area contributed by atoms with Crippen molar-refractivity contribution in [3.63, 3.8) is 0 Å². The lowest BCUT2D eigenvalue weighted by Crippen LogP contribution is -2.11. The van der Waals surface area contributed by atoms with Crippen molar-refractivity contribution >= 4 is 84.5 Å². The van der Waals surface area contributed by atoms with Crippen LogP contribution >= 0.6 is 0 Å². The van der Waals surface area contributed by atoms with Crippen molar-refractivity contribution in [2.24, 2.45) is 0 Å². The van der Waals surface area contributed by atoms with Gasteiger partial charge in [0.05, 0.1) is 33.6 Å². The molecule has 7 aromatic rings. The van der Waals surface area contributed by atoms with Crippen LogP contribution in [0.5, 0.6) is 0 Å². The predicted octanol–water partition coefficient (Wildman–Crippen LogP) is 8.04. The monoisotopic (exact) mass is 934 g/mol. The van der Waals surface area contributed by atoms with Gasteiger partial charge in [-0.15, -0.1) is 0 Å². The fraction of sp³-hybridized carbons (Fsp3) is 0. The second-order valence-corrected chi connectivity index (χ2v) is 19.8. The second-order valence-electron chi connectivity index (χ2n) is 14.4. The number of fused-ring (bicyclic) bond motifs is 8. The van der Waals surface area contributed by atoms with Gasteiger partial charge in [-0.2, -0.15) is 33.7 Å². The zero-order valence-electron chi connectivity index (χ0n) is 32.5. The number of aromatic nitrogens is 4. The van der Waals surface area contributed by atoms with Gasteiger partial charge in [0.15, 0.2) is 0 Å². The summed E-state index contributed by atoms with van der Waals surface area (Å²) >= 11 is 0. The van der Waals surface area contributed by atoms with Crippen LogP contribution in [0.4, 0.5) is 0 Å². The highest BCUT2D eigenvalue weighted by molar-refractivity contribution is 8.01. The Bertz CT molecular complexity index is 3800. The van der Waals surface area contributed by atoms with Crippen molar-refractivity contribution in [1.29, 1.82) is 0 Å². The van der Waals surface area contributed by atoms with Crippen LogP contribution in [0.25, 0.3) is 83.1 Å². The molecular weight excluding hydrogens is 905 g/mol. The summed E-state index contributed by atoms with van der Waals surface area (Å²) < 4.78 is 153. The molecule has 0 spiro atoms. The number of aromatic amines is 1. The van der Waals surface area contributed by atoms with Crippen molar-refractivity contribution < 1.29 is 51.9 Å². The molecule has 2 aliphatic rings. The minimum Gasteiger partial charge on any atom is -0.353 e. The van der Waals surface area contributed by atoms with Crippen LogP contribution in [0.1, 0.15) is 22.8 Å². The van der Waals surface area contributed by atoms with Crippen LogP contribution in [-0.4, -0.2) is 71.4 Å². The molecule has 322 valence electrons. The van der Waals surface area contributed by atoms with Gasteiger partial charge in [0.2, 0.25) is 0 Å². The molecule has 0 aliphatic carbocycles. The maximum absolute atomic E-state index is 13.9. The Hall–Kier alpha value is -6.88. The van der Waals surface area contributed by atoms with Crippen LogP contribution in [0.15, 0.2) is 149 Å². The molecule has 5 heterocycles. The minimum atomic E-state index is -6.05. The van der Waals surface area contributed by atoms with E-state index in [0.29, 0.717) is 39.2 Å². The highest BCUT2D eigenvalue weighted by Gasteiger charge is 2.43. The third kappa shape index (κ3) is 7.56. The Morgan fingerprint density at radius 1 is 0.469 bits per heavy atom. The molecule has 3 aromatic heterocycles. The van der Waals surface area contributed by atoms with E-state index >= 15 is 0 Å². The fourth-order valence-electron chi connectivity index (χ4n) is 7.94. The second kappa shape index (κ2) is 15.4. The van der Waals surface area contributed by atoms with E-state index in [9.17, 15) is 51.9 Å². The average molecular weight is 935 g/mol. The number of H-pyrrole nitrogens is 1. The molecule has 0 radical (unpaired) electrons. The molecule has 4 aromatic carbocycles. The van der Waals surface area contributed by atoms with Crippen molar-refractivity contribution in [3.05, 3.63) is 162 Å². The summed E-state index contributed by atoms with van der Waals surface area (Å²) in [4.78, 5) is 5.09. The number of benzene rings is 4. The molecule has 2 aliphatic heterocycles. The zero-order chi connectivity index (χ0) is 45.3. The lowest BCUT2D eigenvalue weighted by atomic mass is 9.93. The molecule has 0 saturated heterocycles. The van der Waals surface area contributed by atoms with Crippen LogP contribution in [0, 0.1) is 0 Å². The normalized spacial score (nSPS) is 13.4. The summed E-state index contributed by atoms with van der Waals surface area (Å²) in [5, 5.41) is 0. The molecule has 0 atom stereocenters. The number of rotatable bonds is 8. The van der Waals surface area contributed by atoms with Crippen molar-refractivity contribution in [3.8, 4) is 39.1 Å². The number of hydrogen-bond acceptors (Lipinski definition) is 10. The molecule has 5 N–H and O–H groups in total. The first-order chi connectivity index (χ1) is 30.3. The van der Waals surface area contributed by atoms with E-state index in [0.717, 1.165) is 6.07 Å². The lowest BCUT2D eigenvalue weighted by Gasteiger charge is -2.14. The maximum atomic E-state index is 13.9. The van der Waals surface area contributed by atoms with Crippen LogP contribution in [0.3, 0.4) is 0 Å². The number of para-hydroxylation sites is 1. The van der Waals surface area contributed by atoms with Gasteiger partial charge in [-0.3, -0.25) is 18.2 Å². The topological polar surface area (TPSA) is 264 Å². The molecule has 0 saturated carbocycles. The molecule has 0 unspecified atom stereocenters. The van der Waals surface area contributed by atoms with E-state index in [-0.39, 0.29) is 27.9 Å². The fourth-order valence-corrected chi connectivity index (χ4v) is 11.6. The van der Waals surface area contributed by atoms with Gasteiger partial charge in [-0.1, -0.05) is 109 Å². The average Bonchev–Trinajstić information content (AvgIpc) is 4.03. The minimum absolute atomic E-state index is 0.0872. The standard InChI is InChI=1S/C44H30N4O12S4/c49-61(50,51)34-25-31-23-29-21-22-30(45-29)24-33-35(26-13-5-1-6-14-26)36(27-15-7-2-8-16-27)41(48(33)32-19-11-4-12-20-32)37(28-17-9-3-10-18-28)39-43(63(55,56)57)44(64(58,59)60)40(47-39)42(38(34)46-31)62(52,53)54/h1-25,46H,(H,49,50,51)(H,52,53,54)(H,55,56,57)(H,58,59,60). The first-order valence-corrected chi connectivity index (χ1v) is 24.5. The predicted molar refractivity (Wildman–Crippen MR) is 241 cm³/mol. The zero-order valence-corrected chi connectivity index (χ0v) is 35.7. The first-order valence-electron chi connectivity index (χ1n) is 18.7. The van der Waals surface area contributed by atoms with E-state index in [1.807, 2.05) is 12.1 Å². The quantitative estimate of drug-likeness (QED) is 0.0903. The lowest BCUT2D eigenvalue weighted by molar-refractivity contribution is 0.482. The Kier molecular flexibility index (Phi) is 10.2. The van der Waals surface area contributed by atoms with Crippen LogP contribution in [0.2, 0.25) is 0 Å². The van der Waals surface area contributed by atoms with Gasteiger partial charge < -0.3 is 9.55 Å². The molecule has 20 heteroatoms. The summed E-state index contributed by atoms with van der Waals surface area (Å²) in [6.45, 7) is 0. The van der Waals surface area contributed by atoms with E-state index < -0.39 is 77.0 Å². The van der Waals surface area contributed by atoms with Gasteiger partial charge in [-0.25, -0.2) is 9.97 Å². The summed E-state index contributed by atoms with van der Waals surface area (Å²) in [6, 6.07) is 38.1. The van der Waals surface area contributed by atoms with Crippen molar-refractivity contribution in [2.45, 2.75) is 9.79 Å². The van der Waals surface area contributed by atoms with E-state index in [4.69, 9.17) is 4.98 Å².